The zero-order valence-electron chi connectivity index (χ0n) is 5.66. The molecule has 0 radical (unpaired) electrons. The zero-order valence-corrected chi connectivity index (χ0v) is 8.33. The number of hydrogen-bond donors (Lipinski definition) is 1. The lowest BCUT2D eigenvalue weighted by Crippen LogP contribution is -2.17. The van der Waals surface area contributed by atoms with E-state index in [1.54, 1.807) is 0 Å². The summed E-state index contributed by atoms with van der Waals surface area (Å²) in [6, 6.07) is 0.975. The summed E-state index contributed by atoms with van der Waals surface area (Å²) in [7, 11) is -1.33. The van der Waals surface area contributed by atoms with Crippen molar-refractivity contribution in [1.82, 2.24) is 5.32 Å². The van der Waals surface area contributed by atoms with Crippen LogP contribution in [0.5, 0.6) is 0 Å². The molecule has 0 bridgehead atoms. The minimum Gasteiger partial charge on any atom is -0.317 e. The fourth-order valence-electron chi connectivity index (χ4n) is 0.513. The van der Waals surface area contributed by atoms with Crippen LogP contribution in [0.4, 0.5) is 0 Å². The maximum absolute atomic E-state index is 5.62. The molecule has 0 fully saturated rings. The van der Waals surface area contributed by atoms with Crippen LogP contribution in [-0.4, -0.2) is 20.5 Å². The van der Waals surface area contributed by atoms with Gasteiger partial charge in [-0.25, -0.2) is 0 Å². The predicted octanol–water partition coefficient (Wildman–Crippen LogP) is 1.68. The van der Waals surface area contributed by atoms with Crippen LogP contribution in [0, 0.1) is 0 Å². The highest BCUT2D eigenvalue weighted by Gasteiger charge is 1.98. The number of halogens is 2. The van der Waals surface area contributed by atoms with Crippen molar-refractivity contribution in [3.05, 3.63) is 0 Å². The lowest BCUT2D eigenvalue weighted by molar-refractivity contribution is 0.702. The van der Waals surface area contributed by atoms with Crippen molar-refractivity contribution in [3.8, 4) is 0 Å². The second-order valence-electron chi connectivity index (χ2n) is 1.93. The zero-order chi connectivity index (χ0) is 7.11. The summed E-state index contributed by atoms with van der Waals surface area (Å²) < 4.78 is 0. The summed E-state index contributed by atoms with van der Waals surface area (Å²) in [5, 5.41) is 3.23. The van der Waals surface area contributed by atoms with Gasteiger partial charge in [0.2, 0.25) is 7.42 Å². The monoisotopic (exact) mass is 185 g/mol. The third-order valence-electron chi connectivity index (χ3n) is 0.966. The molecule has 0 aliphatic carbocycles. The van der Waals surface area contributed by atoms with E-state index < -0.39 is 7.42 Å². The van der Waals surface area contributed by atoms with E-state index in [2.05, 4.69) is 12.2 Å². The molecule has 0 aliphatic heterocycles. The Morgan fingerprint density at radius 2 is 2.00 bits per heavy atom. The average Bonchev–Trinajstić information content (AvgIpc) is 1.80. The molecular weight excluding hydrogens is 173 g/mol. The van der Waals surface area contributed by atoms with Gasteiger partial charge in [-0.3, -0.25) is 0 Å². The Morgan fingerprint density at radius 3 is 2.44 bits per heavy atom. The summed E-state index contributed by atoms with van der Waals surface area (Å²) in [6.07, 6.45) is 1.18. The van der Waals surface area contributed by atoms with Crippen molar-refractivity contribution in [3.63, 3.8) is 0 Å². The van der Waals surface area contributed by atoms with Gasteiger partial charge in [-0.15, -0.1) is 0 Å². The smallest absolute Gasteiger partial charge is 0.238 e. The molecular formula is C5H13Cl2NSi. The number of rotatable bonds is 5. The van der Waals surface area contributed by atoms with Crippen molar-refractivity contribution in [2.24, 2.45) is 0 Å². The molecule has 4 heteroatoms. The molecule has 0 amide bonds. The van der Waals surface area contributed by atoms with Crippen molar-refractivity contribution < 1.29 is 0 Å². The molecule has 0 aromatic heterocycles. The van der Waals surface area contributed by atoms with Crippen molar-refractivity contribution in [2.75, 3.05) is 13.1 Å². The van der Waals surface area contributed by atoms with E-state index in [9.17, 15) is 0 Å². The molecule has 56 valence electrons. The van der Waals surface area contributed by atoms with Crippen LogP contribution in [0.15, 0.2) is 0 Å². The van der Waals surface area contributed by atoms with Gasteiger partial charge in [-0.2, -0.15) is 22.2 Å². The Labute approximate surface area is 67.7 Å². The van der Waals surface area contributed by atoms with Crippen LogP contribution in [0.25, 0.3) is 0 Å². The highest BCUT2D eigenvalue weighted by atomic mass is 35.7. The van der Waals surface area contributed by atoms with Gasteiger partial charge in [-0.05, 0) is 25.6 Å². The minimum absolute atomic E-state index is 0.975. The van der Waals surface area contributed by atoms with Crippen molar-refractivity contribution >= 4 is 29.6 Å². The van der Waals surface area contributed by atoms with Crippen molar-refractivity contribution in [1.29, 1.82) is 0 Å². The van der Waals surface area contributed by atoms with Gasteiger partial charge >= 0.3 is 0 Å². The third-order valence-corrected chi connectivity index (χ3v) is 3.00. The van der Waals surface area contributed by atoms with Crippen LogP contribution in [0.2, 0.25) is 6.04 Å². The van der Waals surface area contributed by atoms with Gasteiger partial charge in [-0.1, -0.05) is 6.92 Å². The molecule has 0 saturated heterocycles. The minimum atomic E-state index is -1.33. The topological polar surface area (TPSA) is 12.0 Å². The molecule has 0 saturated carbocycles. The molecule has 1 nitrogen and oxygen atoms in total. The lowest BCUT2D eigenvalue weighted by atomic mass is 10.5. The van der Waals surface area contributed by atoms with E-state index >= 15 is 0 Å². The van der Waals surface area contributed by atoms with Crippen LogP contribution >= 0.6 is 22.2 Å². The predicted molar refractivity (Wildman–Crippen MR) is 46.8 cm³/mol. The first-order valence-corrected chi connectivity index (χ1v) is 7.57. The maximum atomic E-state index is 5.62. The van der Waals surface area contributed by atoms with Gasteiger partial charge in [0.05, 0.1) is 0 Å². The van der Waals surface area contributed by atoms with Crippen LogP contribution in [-0.2, 0) is 0 Å². The standard InChI is InChI=1S/C5H13Cl2NSi/c1-2-3-8-4-5-9(6)7/h8-9H,2-5H2,1H3. The lowest BCUT2D eigenvalue weighted by Gasteiger charge is -2.00. The summed E-state index contributed by atoms with van der Waals surface area (Å²) in [5.74, 6) is 0. The maximum Gasteiger partial charge on any atom is 0.238 e. The molecule has 9 heavy (non-hydrogen) atoms. The molecule has 0 atom stereocenters. The molecule has 0 rings (SSSR count). The quantitative estimate of drug-likeness (QED) is 0.391. The van der Waals surface area contributed by atoms with E-state index in [0.717, 1.165) is 19.1 Å². The fourth-order valence-corrected chi connectivity index (χ4v) is 1.59. The number of hydrogen-bond acceptors (Lipinski definition) is 1. The van der Waals surface area contributed by atoms with Gasteiger partial charge in [0.15, 0.2) is 0 Å². The second-order valence-corrected chi connectivity index (χ2v) is 7.12. The Bertz CT molecular complexity index is 60.9. The summed E-state index contributed by atoms with van der Waals surface area (Å²) >= 11 is 11.2. The summed E-state index contributed by atoms with van der Waals surface area (Å²) in [5.41, 5.74) is 0. The molecule has 0 spiro atoms. The fraction of sp³-hybridized carbons (Fsp3) is 1.00. The molecule has 1 N–H and O–H groups in total. The summed E-state index contributed by atoms with van der Waals surface area (Å²) in [4.78, 5) is 0. The Kier molecular flexibility index (Phi) is 7.45. The molecule has 0 aliphatic rings. The first-order valence-electron chi connectivity index (χ1n) is 3.26. The van der Waals surface area contributed by atoms with Crippen LogP contribution < -0.4 is 5.32 Å². The Hall–Kier alpha value is 0.757. The Balaban J connectivity index is 2.75. The largest absolute Gasteiger partial charge is 0.317 e. The third kappa shape index (κ3) is 8.76. The molecule has 0 unspecified atom stereocenters. The van der Waals surface area contributed by atoms with Gasteiger partial charge in [0.25, 0.3) is 0 Å². The van der Waals surface area contributed by atoms with Gasteiger partial charge in [0.1, 0.15) is 0 Å². The second kappa shape index (κ2) is 6.87. The summed E-state index contributed by atoms with van der Waals surface area (Å²) in [6.45, 7) is 4.20. The van der Waals surface area contributed by atoms with Crippen LogP contribution in [0.3, 0.4) is 0 Å². The Morgan fingerprint density at radius 1 is 1.33 bits per heavy atom. The SMILES string of the molecule is CCCNCC[SiH](Cl)Cl. The highest BCUT2D eigenvalue weighted by Crippen LogP contribution is 2.00. The molecule has 0 heterocycles. The van der Waals surface area contributed by atoms with Crippen LogP contribution in [0.1, 0.15) is 13.3 Å². The molecule has 0 aromatic rings. The normalized spacial score (nSPS) is 10.7. The van der Waals surface area contributed by atoms with E-state index in [0.29, 0.717) is 0 Å². The average molecular weight is 186 g/mol. The van der Waals surface area contributed by atoms with Crippen molar-refractivity contribution in [2.45, 2.75) is 19.4 Å². The highest BCUT2D eigenvalue weighted by molar-refractivity contribution is 7.33. The van der Waals surface area contributed by atoms with E-state index in [-0.39, 0.29) is 0 Å². The van der Waals surface area contributed by atoms with E-state index in [1.807, 2.05) is 0 Å². The van der Waals surface area contributed by atoms with Gasteiger partial charge in [0, 0.05) is 0 Å². The van der Waals surface area contributed by atoms with E-state index in [1.165, 1.54) is 6.42 Å². The first-order chi connectivity index (χ1) is 4.27. The number of nitrogens with one attached hydrogen (secondary N) is 1. The van der Waals surface area contributed by atoms with E-state index in [4.69, 9.17) is 22.2 Å². The first kappa shape index (κ1) is 9.76. The molecule has 0 aromatic carbocycles. The van der Waals surface area contributed by atoms with Gasteiger partial charge < -0.3 is 5.32 Å².